The topological polar surface area (TPSA) is 163 Å². The number of carboxylic acid groups (broad SMARTS) is 1. The number of carbonyl (C=O) groups is 1. The van der Waals surface area contributed by atoms with Crippen molar-refractivity contribution in [3.8, 4) is 17.6 Å². The van der Waals surface area contributed by atoms with Crippen molar-refractivity contribution in [1.29, 1.82) is 0 Å². The van der Waals surface area contributed by atoms with Crippen LogP contribution in [0.25, 0.3) is 0 Å². The highest BCUT2D eigenvalue weighted by atomic mass is 16.4. The number of fused-ring (bicyclic) bond motifs is 1. The number of aliphatic hydroxyl groups is 4. The van der Waals surface area contributed by atoms with Gasteiger partial charge in [0.15, 0.2) is 0 Å². The van der Waals surface area contributed by atoms with E-state index in [9.17, 15) is 35.4 Å². The van der Waals surface area contributed by atoms with E-state index in [4.69, 9.17) is 0 Å². The molecule has 5 rings (SSSR count). The average Bonchev–Trinajstić information content (AvgIpc) is 3.41. The maximum absolute atomic E-state index is 13.4. The molecule has 0 amide bonds. The number of aliphatic hydroxyl groups excluding tert-OH is 3. The molecule has 1 saturated carbocycles. The predicted molar refractivity (Wildman–Crippen MR) is 244 cm³/mol. The molecule has 2 fully saturated rings. The van der Waals surface area contributed by atoms with Crippen molar-refractivity contribution in [2.75, 3.05) is 6.61 Å². The van der Waals surface area contributed by atoms with Crippen molar-refractivity contribution < 1.29 is 35.4 Å². The lowest BCUT2D eigenvalue weighted by Gasteiger charge is -2.52. The summed E-state index contributed by atoms with van der Waals surface area (Å²) in [6.07, 6.45) is 17.5. The van der Waals surface area contributed by atoms with E-state index in [2.05, 4.69) is 42.4 Å². The van der Waals surface area contributed by atoms with Gasteiger partial charge in [0.25, 0.3) is 0 Å². The zero-order valence-electron chi connectivity index (χ0n) is 37.3. The fraction of sp³-hybridized carbons (Fsp3) is 0.635. The number of allylic oxidation sites excluding steroid dienone is 2. The van der Waals surface area contributed by atoms with Gasteiger partial charge in [0.05, 0.1) is 24.4 Å². The molecule has 0 spiro atoms. The van der Waals surface area contributed by atoms with Gasteiger partial charge in [-0.25, -0.2) is 0 Å². The van der Waals surface area contributed by atoms with Gasteiger partial charge >= 0.3 is 5.97 Å². The number of aryl methyl sites for hydroxylation is 1. The van der Waals surface area contributed by atoms with Gasteiger partial charge in [-0.05, 0) is 124 Å². The Morgan fingerprint density at radius 1 is 0.967 bits per heavy atom. The number of rotatable bonds is 18. The molecule has 61 heavy (non-hydrogen) atoms. The quantitative estimate of drug-likeness (QED) is 0.0545. The highest BCUT2D eigenvalue weighted by Gasteiger charge is 2.53. The number of hydrogen-bond acceptors (Lipinski definition) is 8. The second-order valence-corrected chi connectivity index (χ2v) is 18.7. The maximum Gasteiger partial charge on any atom is 0.303 e. The molecule has 1 aliphatic carbocycles. The lowest BCUT2D eigenvalue weighted by atomic mass is 9.57. The van der Waals surface area contributed by atoms with Crippen molar-refractivity contribution in [1.82, 2.24) is 10.6 Å². The first-order valence-corrected chi connectivity index (χ1v) is 23.6. The normalized spacial score (nSPS) is 25.8. The third-order valence-electron chi connectivity index (χ3n) is 14.2. The fourth-order valence-corrected chi connectivity index (χ4v) is 10.7. The van der Waals surface area contributed by atoms with Gasteiger partial charge in [0.1, 0.15) is 5.75 Å². The van der Waals surface area contributed by atoms with E-state index in [1.165, 1.54) is 0 Å². The number of benzene rings is 2. The summed E-state index contributed by atoms with van der Waals surface area (Å²) in [5.74, 6) is 6.42. The van der Waals surface area contributed by atoms with Crippen LogP contribution in [0.2, 0.25) is 0 Å². The Bertz CT molecular complexity index is 1790. The van der Waals surface area contributed by atoms with Crippen molar-refractivity contribution in [2.45, 2.75) is 197 Å². The largest absolute Gasteiger partial charge is 0.508 e. The number of hydrogen-bond donors (Lipinski definition) is 8. The molecule has 0 aromatic heterocycles. The van der Waals surface area contributed by atoms with Crippen LogP contribution in [-0.4, -0.2) is 85.2 Å². The zero-order valence-corrected chi connectivity index (χ0v) is 37.3. The molecule has 9 nitrogen and oxygen atoms in total. The fourth-order valence-electron chi connectivity index (χ4n) is 10.7. The Morgan fingerprint density at radius 2 is 1.72 bits per heavy atom. The lowest BCUT2D eigenvalue weighted by Crippen LogP contribution is -2.63. The SMILES string of the molecule is CCCCCC(O)C=CC1=C(CC(O)CO)C(CCCC2NC(C)CCCC2CC(=O)O)NC(C(C)(O)C2(c3ccc(O)cc3)CCCCC2)CC#Cc2ccccc2CC1. The van der Waals surface area contributed by atoms with Crippen LogP contribution in [0, 0.1) is 17.8 Å². The van der Waals surface area contributed by atoms with E-state index >= 15 is 0 Å². The number of unbranched alkanes of at least 4 members (excludes halogenated alkanes) is 2. The van der Waals surface area contributed by atoms with Crippen molar-refractivity contribution >= 4 is 5.97 Å². The van der Waals surface area contributed by atoms with Gasteiger partial charge in [0, 0.05) is 48.0 Å². The van der Waals surface area contributed by atoms with Gasteiger partial charge in [-0.3, -0.25) is 4.79 Å². The number of aliphatic carboxylic acids is 1. The molecule has 9 heteroatoms. The van der Waals surface area contributed by atoms with Crippen LogP contribution < -0.4 is 10.6 Å². The van der Waals surface area contributed by atoms with Crippen LogP contribution in [0.3, 0.4) is 0 Å². The van der Waals surface area contributed by atoms with Gasteiger partial charge in [-0.1, -0.05) is 113 Å². The molecule has 1 saturated heterocycles. The molecule has 2 aromatic rings. The summed E-state index contributed by atoms with van der Waals surface area (Å²) in [6.45, 7) is 5.87. The van der Waals surface area contributed by atoms with Crippen LogP contribution in [0.1, 0.15) is 159 Å². The minimum absolute atomic E-state index is 0.0194. The Hall–Kier alpha value is -3.49. The predicted octanol–water partition coefficient (Wildman–Crippen LogP) is 8.39. The van der Waals surface area contributed by atoms with Gasteiger partial charge in [-0.15, -0.1) is 0 Å². The van der Waals surface area contributed by atoms with Crippen LogP contribution >= 0.6 is 0 Å². The lowest BCUT2D eigenvalue weighted by molar-refractivity contribution is -0.138. The Morgan fingerprint density at radius 3 is 2.44 bits per heavy atom. The third kappa shape index (κ3) is 13.5. The second-order valence-electron chi connectivity index (χ2n) is 18.7. The van der Waals surface area contributed by atoms with Crippen molar-refractivity contribution in [3.63, 3.8) is 0 Å². The first-order chi connectivity index (χ1) is 29.4. The number of aromatic hydroxyl groups is 1. The molecule has 2 aromatic carbocycles. The summed E-state index contributed by atoms with van der Waals surface area (Å²) in [6, 6.07) is 14.9. The van der Waals surface area contributed by atoms with E-state index in [0.717, 1.165) is 111 Å². The summed E-state index contributed by atoms with van der Waals surface area (Å²) in [7, 11) is 0. The molecule has 0 bridgehead atoms. The van der Waals surface area contributed by atoms with Crippen LogP contribution in [0.15, 0.2) is 71.8 Å². The summed E-state index contributed by atoms with van der Waals surface area (Å²) < 4.78 is 0. The highest BCUT2D eigenvalue weighted by molar-refractivity contribution is 5.67. The van der Waals surface area contributed by atoms with Crippen molar-refractivity contribution in [2.24, 2.45) is 5.92 Å². The average molecular weight is 841 g/mol. The van der Waals surface area contributed by atoms with Crippen LogP contribution in [0.4, 0.5) is 0 Å². The molecule has 2 heterocycles. The van der Waals surface area contributed by atoms with Crippen LogP contribution in [0.5, 0.6) is 5.75 Å². The zero-order chi connectivity index (χ0) is 43.8. The minimum Gasteiger partial charge on any atom is -0.508 e. The summed E-state index contributed by atoms with van der Waals surface area (Å²) >= 11 is 0. The third-order valence-corrected chi connectivity index (χ3v) is 14.2. The van der Waals surface area contributed by atoms with Gasteiger partial charge in [-0.2, -0.15) is 0 Å². The number of phenols is 1. The molecule has 8 N–H and O–H groups in total. The Kier molecular flexibility index (Phi) is 18.9. The molecular formula is C52H76N2O7. The van der Waals surface area contributed by atoms with E-state index in [1.54, 1.807) is 12.1 Å². The highest BCUT2D eigenvalue weighted by Crippen LogP contribution is 2.49. The van der Waals surface area contributed by atoms with Gasteiger partial charge < -0.3 is 41.3 Å². The molecule has 0 radical (unpaired) electrons. The number of phenolic OH excluding ortho intramolecular Hbond substituents is 1. The molecule has 2 aliphatic heterocycles. The van der Waals surface area contributed by atoms with E-state index in [1.807, 2.05) is 49.4 Å². The number of carboxylic acids is 1. The first-order valence-electron chi connectivity index (χ1n) is 23.6. The molecule has 3 aliphatic rings. The first kappa shape index (κ1) is 48.5. The van der Waals surface area contributed by atoms with E-state index < -0.39 is 41.8 Å². The van der Waals surface area contributed by atoms with Crippen LogP contribution in [-0.2, 0) is 16.6 Å². The molecule has 8 unspecified atom stereocenters. The second kappa shape index (κ2) is 23.8. The Balaban J connectivity index is 1.65. The Labute approximate surface area is 366 Å². The summed E-state index contributed by atoms with van der Waals surface area (Å²) in [5.41, 5.74) is 2.99. The van der Waals surface area contributed by atoms with E-state index in [0.29, 0.717) is 32.1 Å². The van der Waals surface area contributed by atoms with Crippen molar-refractivity contribution in [3.05, 3.63) is 88.5 Å². The number of nitrogens with one attached hydrogen (secondary N) is 2. The van der Waals surface area contributed by atoms with Gasteiger partial charge in [0.2, 0.25) is 0 Å². The minimum atomic E-state index is -1.32. The molecular weight excluding hydrogens is 765 g/mol. The van der Waals surface area contributed by atoms with E-state index in [-0.39, 0.29) is 42.6 Å². The monoisotopic (exact) mass is 841 g/mol. The smallest absolute Gasteiger partial charge is 0.303 e. The summed E-state index contributed by atoms with van der Waals surface area (Å²) in [5, 5.41) is 74.3. The summed E-state index contributed by atoms with van der Waals surface area (Å²) in [4.78, 5) is 12.0. The maximum atomic E-state index is 13.4. The standard InChI is InChI=1S/C52H76N2O7/c1-4-5-7-20-43(56)29-26-40-25-24-39-17-9-8-16-38(39)18-13-23-49(51(3,61)52(32-10-6-11-33-52)42-27-30-44(57)31-28-42)54-48(46(40)35-45(58)36-55)22-14-21-47-41(34-50(59)60)19-12-15-37(2)53-47/h8-9,16-17,26-31,37,41,43,45,47-49,53-58,61H,4-7,10-12,14-15,19-25,32-36H2,1-3H3,(H,59,60). The molecule has 336 valence electrons. The molecule has 8 atom stereocenters.